The van der Waals surface area contributed by atoms with Crippen LogP contribution in [0.25, 0.3) is 5.65 Å². The molecule has 2 aromatic heterocycles. The number of nitrogens with zero attached hydrogens (tertiary/aromatic N) is 3. The van der Waals surface area contributed by atoms with E-state index in [-0.39, 0.29) is 12.0 Å². The summed E-state index contributed by atoms with van der Waals surface area (Å²) < 4.78 is 1.74. The van der Waals surface area contributed by atoms with E-state index < -0.39 is 0 Å². The lowest BCUT2D eigenvalue weighted by atomic mass is 10.1. The van der Waals surface area contributed by atoms with E-state index in [1.807, 2.05) is 39.1 Å². The fraction of sp³-hybridized carbons (Fsp3) is 0.500. The Bertz CT molecular complexity index is 506. The third kappa shape index (κ3) is 2.74. The average Bonchev–Trinajstić information content (AvgIpc) is 2.67. The molecule has 0 spiro atoms. The number of rotatable bonds is 4. The average molecular weight is 234 g/mol. The highest BCUT2D eigenvalue weighted by Crippen LogP contribution is 2.08. The molecule has 0 aromatic carbocycles. The zero-order valence-electron chi connectivity index (χ0n) is 10.4. The van der Waals surface area contributed by atoms with Gasteiger partial charge in [0, 0.05) is 12.7 Å². The Hall–Kier alpha value is -1.62. The van der Waals surface area contributed by atoms with Crippen molar-refractivity contribution in [2.24, 2.45) is 5.92 Å². The first-order valence-electron chi connectivity index (χ1n) is 5.81. The minimum atomic E-state index is -0.386. The van der Waals surface area contributed by atoms with Crippen LogP contribution in [0.2, 0.25) is 0 Å². The van der Waals surface area contributed by atoms with Crippen LogP contribution in [0.3, 0.4) is 0 Å². The molecule has 0 saturated heterocycles. The summed E-state index contributed by atoms with van der Waals surface area (Å²) in [4.78, 5) is 4.31. The van der Waals surface area contributed by atoms with Crippen LogP contribution in [0.4, 0.5) is 5.95 Å². The molecule has 0 radical (unpaired) electrons. The van der Waals surface area contributed by atoms with E-state index in [1.165, 1.54) is 0 Å². The van der Waals surface area contributed by atoms with Gasteiger partial charge in [0.15, 0.2) is 5.65 Å². The SMILES string of the molecule is Cc1ccc2nc(NCC(O)C(C)C)nn2c1. The number of aliphatic hydroxyl groups is 1. The van der Waals surface area contributed by atoms with Crippen LogP contribution >= 0.6 is 0 Å². The highest BCUT2D eigenvalue weighted by molar-refractivity contribution is 5.44. The Morgan fingerprint density at radius 2 is 2.18 bits per heavy atom. The molecule has 1 atom stereocenters. The van der Waals surface area contributed by atoms with E-state index in [1.54, 1.807) is 4.52 Å². The predicted molar refractivity (Wildman–Crippen MR) is 67.1 cm³/mol. The highest BCUT2D eigenvalue weighted by Gasteiger charge is 2.10. The van der Waals surface area contributed by atoms with Gasteiger partial charge in [-0.15, -0.1) is 5.10 Å². The van der Waals surface area contributed by atoms with Crippen LogP contribution in [0.15, 0.2) is 18.3 Å². The van der Waals surface area contributed by atoms with E-state index >= 15 is 0 Å². The summed E-state index contributed by atoms with van der Waals surface area (Å²) in [7, 11) is 0. The van der Waals surface area contributed by atoms with Crippen molar-refractivity contribution in [1.82, 2.24) is 14.6 Å². The van der Waals surface area contributed by atoms with Gasteiger partial charge in [0.1, 0.15) is 0 Å². The molecule has 0 fully saturated rings. The van der Waals surface area contributed by atoms with Gasteiger partial charge in [0.2, 0.25) is 5.95 Å². The highest BCUT2D eigenvalue weighted by atomic mass is 16.3. The maximum atomic E-state index is 9.68. The molecule has 0 aliphatic rings. The summed E-state index contributed by atoms with van der Waals surface area (Å²) in [5.41, 5.74) is 1.94. The lowest BCUT2D eigenvalue weighted by Crippen LogP contribution is -2.25. The van der Waals surface area contributed by atoms with Crippen molar-refractivity contribution < 1.29 is 5.11 Å². The standard InChI is InChI=1S/C12H18N4O/c1-8(2)10(17)6-13-12-14-11-5-4-9(3)7-16(11)15-12/h4-5,7-8,10,17H,6H2,1-3H3,(H,13,15). The zero-order valence-corrected chi connectivity index (χ0v) is 10.4. The van der Waals surface area contributed by atoms with Crippen LogP contribution in [0.1, 0.15) is 19.4 Å². The zero-order chi connectivity index (χ0) is 12.4. The van der Waals surface area contributed by atoms with Crippen LogP contribution in [0.5, 0.6) is 0 Å². The molecule has 5 nitrogen and oxygen atoms in total. The summed E-state index contributed by atoms with van der Waals surface area (Å²) in [6.07, 6.45) is 1.54. The van der Waals surface area contributed by atoms with Gasteiger partial charge in [-0.3, -0.25) is 0 Å². The normalized spacial score (nSPS) is 13.2. The maximum absolute atomic E-state index is 9.68. The van der Waals surface area contributed by atoms with E-state index in [2.05, 4.69) is 15.4 Å². The summed E-state index contributed by atoms with van der Waals surface area (Å²) in [5.74, 6) is 0.775. The van der Waals surface area contributed by atoms with E-state index in [4.69, 9.17) is 0 Å². The first kappa shape index (κ1) is 11.9. The summed E-state index contributed by atoms with van der Waals surface area (Å²) in [6.45, 7) is 6.43. The molecule has 1 unspecified atom stereocenters. The number of aromatic nitrogens is 3. The smallest absolute Gasteiger partial charge is 0.243 e. The van der Waals surface area contributed by atoms with Crippen LogP contribution < -0.4 is 5.32 Å². The second kappa shape index (κ2) is 4.71. The molecule has 0 amide bonds. The number of aliphatic hydroxyl groups excluding tert-OH is 1. The lowest BCUT2D eigenvalue weighted by molar-refractivity contribution is 0.137. The van der Waals surface area contributed by atoms with Crippen molar-refractivity contribution in [3.63, 3.8) is 0 Å². The number of fused-ring (bicyclic) bond motifs is 1. The number of pyridine rings is 1. The van der Waals surface area contributed by atoms with Gasteiger partial charge in [0.25, 0.3) is 0 Å². The van der Waals surface area contributed by atoms with Gasteiger partial charge >= 0.3 is 0 Å². The molecular weight excluding hydrogens is 216 g/mol. The third-order valence-corrected chi connectivity index (χ3v) is 2.72. The minimum absolute atomic E-state index is 0.224. The summed E-state index contributed by atoms with van der Waals surface area (Å²) in [6, 6.07) is 3.92. The molecule has 17 heavy (non-hydrogen) atoms. The van der Waals surface area contributed by atoms with Crippen molar-refractivity contribution in [1.29, 1.82) is 0 Å². The summed E-state index contributed by atoms with van der Waals surface area (Å²) in [5, 5.41) is 17.0. The van der Waals surface area contributed by atoms with Crippen molar-refractivity contribution in [3.05, 3.63) is 23.9 Å². The largest absolute Gasteiger partial charge is 0.391 e. The fourth-order valence-corrected chi connectivity index (χ4v) is 1.49. The summed E-state index contributed by atoms with van der Waals surface area (Å²) >= 11 is 0. The Kier molecular flexibility index (Phi) is 3.28. The van der Waals surface area contributed by atoms with Gasteiger partial charge < -0.3 is 10.4 Å². The van der Waals surface area contributed by atoms with Gasteiger partial charge in [-0.1, -0.05) is 19.9 Å². The molecule has 0 aliphatic carbocycles. The Morgan fingerprint density at radius 3 is 2.88 bits per heavy atom. The van der Waals surface area contributed by atoms with Crippen molar-refractivity contribution in [3.8, 4) is 0 Å². The number of nitrogens with one attached hydrogen (secondary N) is 1. The molecule has 0 aliphatic heterocycles. The lowest BCUT2D eigenvalue weighted by Gasteiger charge is -2.13. The molecule has 2 rings (SSSR count). The number of aryl methyl sites for hydroxylation is 1. The molecular formula is C12H18N4O. The Labute approximate surface area is 100 Å². The van der Waals surface area contributed by atoms with E-state index in [0.717, 1.165) is 11.2 Å². The monoisotopic (exact) mass is 234 g/mol. The third-order valence-electron chi connectivity index (χ3n) is 2.72. The molecule has 0 bridgehead atoms. The molecule has 0 saturated carbocycles. The van der Waals surface area contributed by atoms with Crippen molar-refractivity contribution in [2.75, 3.05) is 11.9 Å². The Morgan fingerprint density at radius 1 is 1.41 bits per heavy atom. The topological polar surface area (TPSA) is 62.5 Å². The van der Waals surface area contributed by atoms with Crippen molar-refractivity contribution in [2.45, 2.75) is 26.9 Å². The van der Waals surface area contributed by atoms with Gasteiger partial charge in [-0.2, -0.15) is 4.98 Å². The van der Waals surface area contributed by atoms with Gasteiger partial charge in [-0.05, 0) is 24.5 Å². The molecule has 92 valence electrons. The first-order chi connectivity index (χ1) is 8.06. The van der Waals surface area contributed by atoms with Gasteiger partial charge in [0.05, 0.1) is 6.10 Å². The van der Waals surface area contributed by atoms with Gasteiger partial charge in [-0.25, -0.2) is 4.52 Å². The number of hydrogen-bond donors (Lipinski definition) is 2. The molecule has 2 heterocycles. The number of hydrogen-bond acceptors (Lipinski definition) is 4. The predicted octanol–water partition coefficient (Wildman–Crippen LogP) is 1.47. The van der Waals surface area contributed by atoms with E-state index in [9.17, 15) is 5.11 Å². The van der Waals surface area contributed by atoms with Crippen molar-refractivity contribution >= 4 is 11.6 Å². The second-order valence-electron chi connectivity index (χ2n) is 4.64. The maximum Gasteiger partial charge on any atom is 0.243 e. The van der Waals surface area contributed by atoms with E-state index in [0.29, 0.717) is 12.5 Å². The van der Waals surface area contributed by atoms with Crippen LogP contribution in [-0.4, -0.2) is 32.4 Å². The van der Waals surface area contributed by atoms with Crippen LogP contribution in [-0.2, 0) is 0 Å². The first-order valence-corrected chi connectivity index (χ1v) is 5.81. The minimum Gasteiger partial charge on any atom is -0.391 e. The second-order valence-corrected chi connectivity index (χ2v) is 4.64. The Balaban J connectivity index is 2.09. The molecule has 2 aromatic rings. The number of anilines is 1. The van der Waals surface area contributed by atoms with Crippen LogP contribution in [0, 0.1) is 12.8 Å². The quantitative estimate of drug-likeness (QED) is 0.841. The fourth-order valence-electron chi connectivity index (χ4n) is 1.49. The molecule has 5 heteroatoms. The molecule has 2 N–H and O–H groups in total.